The standard InChI is InChI=1S/C10H20N2O2S/c1-14-8-4-6-10(13)12-7-3-2-5-9(11)15/h2-8H2,1H3,(H2,11,15)(H,12,13). The van der Waals surface area contributed by atoms with Gasteiger partial charge in [-0.2, -0.15) is 0 Å². The van der Waals surface area contributed by atoms with E-state index >= 15 is 0 Å². The van der Waals surface area contributed by atoms with Crippen LogP contribution in [0.4, 0.5) is 0 Å². The van der Waals surface area contributed by atoms with Gasteiger partial charge in [0.05, 0.1) is 4.99 Å². The van der Waals surface area contributed by atoms with Crippen molar-refractivity contribution >= 4 is 23.1 Å². The minimum absolute atomic E-state index is 0.0855. The van der Waals surface area contributed by atoms with Crippen LogP contribution in [0.15, 0.2) is 0 Å². The highest BCUT2D eigenvalue weighted by Gasteiger charge is 1.99. The molecule has 0 heterocycles. The second kappa shape index (κ2) is 9.86. The first-order valence-corrected chi connectivity index (χ1v) is 5.61. The highest BCUT2D eigenvalue weighted by atomic mass is 32.1. The van der Waals surface area contributed by atoms with Gasteiger partial charge in [0.25, 0.3) is 0 Å². The van der Waals surface area contributed by atoms with Crippen molar-refractivity contribution in [2.24, 2.45) is 5.73 Å². The molecule has 0 saturated heterocycles. The first kappa shape index (κ1) is 14.3. The lowest BCUT2D eigenvalue weighted by Gasteiger charge is -2.04. The summed E-state index contributed by atoms with van der Waals surface area (Å²) in [7, 11) is 1.63. The van der Waals surface area contributed by atoms with E-state index in [1.54, 1.807) is 7.11 Å². The highest BCUT2D eigenvalue weighted by Crippen LogP contribution is 1.94. The van der Waals surface area contributed by atoms with E-state index in [1.807, 2.05) is 0 Å². The number of hydrogen-bond donors (Lipinski definition) is 2. The van der Waals surface area contributed by atoms with E-state index < -0.39 is 0 Å². The predicted octanol–water partition coefficient (Wildman–Crippen LogP) is 0.986. The van der Waals surface area contributed by atoms with Crippen molar-refractivity contribution in [2.75, 3.05) is 20.3 Å². The molecule has 88 valence electrons. The maximum atomic E-state index is 11.2. The zero-order valence-corrected chi connectivity index (χ0v) is 10.1. The van der Waals surface area contributed by atoms with Gasteiger partial charge in [-0.15, -0.1) is 0 Å². The van der Waals surface area contributed by atoms with Crippen LogP contribution in [-0.4, -0.2) is 31.2 Å². The third kappa shape index (κ3) is 11.2. The second-order valence-corrected chi connectivity index (χ2v) is 3.89. The molecule has 0 atom stereocenters. The van der Waals surface area contributed by atoms with Crippen molar-refractivity contribution < 1.29 is 9.53 Å². The van der Waals surface area contributed by atoms with Crippen molar-refractivity contribution in [3.05, 3.63) is 0 Å². The molecular weight excluding hydrogens is 212 g/mol. The number of hydrogen-bond acceptors (Lipinski definition) is 3. The van der Waals surface area contributed by atoms with Crippen molar-refractivity contribution in [3.63, 3.8) is 0 Å². The molecule has 0 aliphatic heterocycles. The molecule has 0 spiro atoms. The van der Waals surface area contributed by atoms with E-state index in [4.69, 9.17) is 22.7 Å². The Balaban J connectivity index is 3.20. The first-order valence-electron chi connectivity index (χ1n) is 5.20. The molecule has 0 fully saturated rings. The van der Waals surface area contributed by atoms with E-state index in [0.29, 0.717) is 24.6 Å². The summed E-state index contributed by atoms with van der Waals surface area (Å²) < 4.78 is 4.85. The van der Waals surface area contributed by atoms with E-state index in [0.717, 1.165) is 25.7 Å². The maximum Gasteiger partial charge on any atom is 0.220 e. The number of methoxy groups -OCH3 is 1. The molecule has 0 unspecified atom stereocenters. The monoisotopic (exact) mass is 232 g/mol. The van der Waals surface area contributed by atoms with Crippen LogP contribution in [0.5, 0.6) is 0 Å². The molecule has 0 saturated carbocycles. The van der Waals surface area contributed by atoms with Crippen molar-refractivity contribution in [1.29, 1.82) is 0 Å². The summed E-state index contributed by atoms with van der Waals surface area (Å²) >= 11 is 4.74. The molecule has 0 aliphatic rings. The number of thiocarbonyl (C=S) groups is 1. The Morgan fingerprint density at radius 1 is 1.33 bits per heavy atom. The average Bonchev–Trinajstić information content (AvgIpc) is 2.17. The largest absolute Gasteiger partial charge is 0.393 e. The van der Waals surface area contributed by atoms with E-state index in [2.05, 4.69) is 5.32 Å². The zero-order valence-electron chi connectivity index (χ0n) is 9.25. The van der Waals surface area contributed by atoms with Crippen LogP contribution < -0.4 is 11.1 Å². The van der Waals surface area contributed by atoms with Crippen LogP contribution in [0.3, 0.4) is 0 Å². The maximum absolute atomic E-state index is 11.2. The van der Waals surface area contributed by atoms with Crippen LogP contribution >= 0.6 is 12.2 Å². The van der Waals surface area contributed by atoms with Crippen LogP contribution in [0.2, 0.25) is 0 Å². The van der Waals surface area contributed by atoms with Gasteiger partial charge in [-0.1, -0.05) is 12.2 Å². The summed E-state index contributed by atoms with van der Waals surface area (Å²) in [4.78, 5) is 11.7. The average molecular weight is 232 g/mol. The van der Waals surface area contributed by atoms with E-state index in [9.17, 15) is 4.79 Å². The molecule has 0 bridgehead atoms. The molecule has 0 aromatic rings. The molecule has 1 amide bonds. The number of ether oxygens (including phenoxy) is 1. The topological polar surface area (TPSA) is 64.3 Å². The van der Waals surface area contributed by atoms with E-state index in [1.165, 1.54) is 0 Å². The number of nitrogens with one attached hydrogen (secondary N) is 1. The predicted molar refractivity (Wildman–Crippen MR) is 64.8 cm³/mol. The lowest BCUT2D eigenvalue weighted by atomic mass is 10.2. The normalized spacial score (nSPS) is 9.93. The van der Waals surface area contributed by atoms with Gasteiger partial charge in [0.15, 0.2) is 0 Å². The van der Waals surface area contributed by atoms with Gasteiger partial charge in [0.2, 0.25) is 5.91 Å². The summed E-state index contributed by atoms with van der Waals surface area (Å²) in [5.74, 6) is 0.0855. The van der Waals surface area contributed by atoms with Crippen LogP contribution in [0.25, 0.3) is 0 Å². The molecule has 0 rings (SSSR count). The summed E-state index contributed by atoms with van der Waals surface area (Å²) in [5, 5.41) is 2.84. The van der Waals surface area contributed by atoms with Crippen molar-refractivity contribution in [2.45, 2.75) is 32.1 Å². The fraction of sp³-hybridized carbons (Fsp3) is 0.800. The molecule has 0 radical (unpaired) electrons. The minimum Gasteiger partial charge on any atom is -0.393 e. The number of carbonyl (C=O) groups excluding carboxylic acids is 1. The Labute approximate surface area is 96.5 Å². The van der Waals surface area contributed by atoms with Gasteiger partial charge in [-0.3, -0.25) is 4.79 Å². The molecular formula is C10H20N2O2S. The summed E-state index contributed by atoms with van der Waals surface area (Å²) in [6.07, 6.45) is 3.92. The number of amides is 1. The lowest BCUT2D eigenvalue weighted by Crippen LogP contribution is -2.24. The van der Waals surface area contributed by atoms with Crippen molar-refractivity contribution in [1.82, 2.24) is 5.32 Å². The Hall–Kier alpha value is -0.680. The number of unbranched alkanes of at least 4 members (excludes halogenated alkanes) is 1. The number of rotatable bonds is 9. The smallest absolute Gasteiger partial charge is 0.220 e. The molecule has 5 heteroatoms. The third-order valence-electron chi connectivity index (χ3n) is 1.92. The van der Waals surface area contributed by atoms with Gasteiger partial charge < -0.3 is 15.8 Å². The Bertz CT molecular complexity index is 198. The fourth-order valence-corrected chi connectivity index (χ4v) is 1.26. The number of nitrogens with two attached hydrogens (primary N) is 1. The summed E-state index contributed by atoms with van der Waals surface area (Å²) in [6, 6.07) is 0. The van der Waals surface area contributed by atoms with Gasteiger partial charge in [0, 0.05) is 26.7 Å². The Morgan fingerprint density at radius 3 is 2.67 bits per heavy atom. The second-order valence-electron chi connectivity index (χ2n) is 3.37. The first-order chi connectivity index (χ1) is 7.16. The molecule has 3 N–H and O–H groups in total. The fourth-order valence-electron chi connectivity index (χ4n) is 1.12. The van der Waals surface area contributed by atoms with Crippen LogP contribution in [0.1, 0.15) is 32.1 Å². The molecule has 0 aromatic heterocycles. The molecule has 15 heavy (non-hydrogen) atoms. The van der Waals surface area contributed by atoms with Gasteiger partial charge in [-0.05, 0) is 25.7 Å². The SMILES string of the molecule is COCCCC(=O)NCCCCC(N)=S. The van der Waals surface area contributed by atoms with Gasteiger partial charge >= 0.3 is 0 Å². The molecule has 0 aliphatic carbocycles. The van der Waals surface area contributed by atoms with Gasteiger partial charge in [0.1, 0.15) is 0 Å². The zero-order chi connectivity index (χ0) is 11.5. The van der Waals surface area contributed by atoms with Gasteiger partial charge in [-0.25, -0.2) is 0 Å². The van der Waals surface area contributed by atoms with E-state index in [-0.39, 0.29) is 5.91 Å². The van der Waals surface area contributed by atoms with Crippen molar-refractivity contribution in [3.8, 4) is 0 Å². The third-order valence-corrected chi connectivity index (χ3v) is 2.13. The van der Waals surface area contributed by atoms with Crippen LogP contribution in [-0.2, 0) is 9.53 Å². The number of carbonyl (C=O) groups is 1. The van der Waals surface area contributed by atoms with Crippen LogP contribution in [0, 0.1) is 0 Å². The Kier molecular flexibility index (Phi) is 9.41. The molecule has 0 aromatic carbocycles. The lowest BCUT2D eigenvalue weighted by molar-refractivity contribution is -0.121. The summed E-state index contributed by atoms with van der Waals surface area (Å²) in [5.41, 5.74) is 5.35. The Morgan fingerprint density at radius 2 is 2.07 bits per heavy atom. The molecule has 4 nitrogen and oxygen atoms in total. The highest BCUT2D eigenvalue weighted by molar-refractivity contribution is 7.80. The minimum atomic E-state index is 0.0855. The quantitative estimate of drug-likeness (QED) is 0.459. The summed E-state index contributed by atoms with van der Waals surface area (Å²) in [6.45, 7) is 1.34.